The molecule has 6 nitrogen and oxygen atoms in total. The van der Waals surface area contributed by atoms with Crippen molar-refractivity contribution >= 4 is 5.97 Å². The number of hydrogen-bond acceptors (Lipinski definition) is 6. The number of aliphatic hydroxyl groups is 1. The van der Waals surface area contributed by atoms with Crippen molar-refractivity contribution in [1.82, 2.24) is 4.90 Å². The molecule has 1 N–H and O–H groups in total. The molecule has 3 aliphatic heterocycles. The normalized spacial score (nSPS) is 28.5. The van der Waals surface area contributed by atoms with Gasteiger partial charge in [0.05, 0.1) is 6.42 Å². The predicted octanol–water partition coefficient (Wildman–Crippen LogP) is 2.54. The number of rotatable bonds is 3. The zero-order valence-corrected chi connectivity index (χ0v) is 16.5. The zero-order valence-electron chi connectivity index (χ0n) is 16.5. The molecule has 0 spiro atoms. The molecule has 3 heterocycles. The highest BCUT2D eigenvalue weighted by atomic mass is 16.7. The van der Waals surface area contributed by atoms with Crippen LogP contribution < -0.4 is 9.47 Å². The minimum atomic E-state index is -0.822. The smallest absolute Gasteiger partial charge is 0.310 e. The first-order chi connectivity index (χ1) is 14.7. The molecule has 6 heteroatoms. The van der Waals surface area contributed by atoms with Gasteiger partial charge < -0.3 is 19.3 Å². The second-order valence-electron chi connectivity index (χ2n) is 8.44. The first-order valence-electron chi connectivity index (χ1n) is 10.5. The number of carbonyl (C=O) groups excluding carboxylic acids is 1. The maximum absolute atomic E-state index is 12.8. The fraction of sp³-hybridized carbons (Fsp3) is 0.375. The summed E-state index contributed by atoms with van der Waals surface area (Å²) in [6, 6.07) is 13.8. The number of hydrogen-bond donors (Lipinski definition) is 1. The molecule has 0 amide bonds. The Kier molecular flexibility index (Phi) is 4.11. The van der Waals surface area contributed by atoms with Crippen LogP contribution in [0.1, 0.15) is 29.0 Å². The first-order valence-corrected chi connectivity index (χ1v) is 10.5. The summed E-state index contributed by atoms with van der Waals surface area (Å²) in [5, 5.41) is 10.9. The average molecular weight is 405 g/mol. The largest absolute Gasteiger partial charge is 0.458 e. The molecule has 1 aliphatic carbocycles. The van der Waals surface area contributed by atoms with E-state index in [2.05, 4.69) is 4.90 Å². The van der Waals surface area contributed by atoms with E-state index in [4.69, 9.17) is 14.2 Å². The van der Waals surface area contributed by atoms with E-state index in [1.54, 1.807) is 0 Å². The van der Waals surface area contributed by atoms with Crippen molar-refractivity contribution in [2.45, 2.75) is 43.6 Å². The van der Waals surface area contributed by atoms with Gasteiger partial charge in [-0.2, -0.15) is 0 Å². The number of fused-ring (bicyclic) bond motifs is 3. The van der Waals surface area contributed by atoms with Crippen LogP contribution in [-0.2, 0) is 22.5 Å². The van der Waals surface area contributed by atoms with Crippen molar-refractivity contribution in [3.63, 3.8) is 0 Å². The van der Waals surface area contributed by atoms with Crippen LogP contribution in [0.15, 0.2) is 54.1 Å². The zero-order chi connectivity index (χ0) is 20.2. The number of carbonyl (C=O) groups is 1. The van der Waals surface area contributed by atoms with Gasteiger partial charge in [0.15, 0.2) is 11.5 Å². The molecule has 0 bridgehead atoms. The van der Waals surface area contributed by atoms with Gasteiger partial charge in [0.1, 0.15) is 12.2 Å². The van der Waals surface area contributed by atoms with E-state index in [-0.39, 0.29) is 31.1 Å². The molecule has 0 saturated carbocycles. The fourth-order valence-corrected chi connectivity index (χ4v) is 5.43. The molecule has 4 atom stereocenters. The molecule has 4 unspecified atom stereocenters. The van der Waals surface area contributed by atoms with Gasteiger partial charge in [-0.25, -0.2) is 0 Å². The molecule has 2 aromatic carbocycles. The summed E-state index contributed by atoms with van der Waals surface area (Å²) < 4.78 is 17.1. The third-order valence-electron chi connectivity index (χ3n) is 6.70. The minimum Gasteiger partial charge on any atom is -0.458 e. The second-order valence-corrected chi connectivity index (χ2v) is 8.44. The Morgan fingerprint density at radius 2 is 1.97 bits per heavy atom. The molecule has 1 fully saturated rings. The summed E-state index contributed by atoms with van der Waals surface area (Å²) in [6.45, 7) is 1.99. The third-order valence-corrected chi connectivity index (χ3v) is 6.70. The standard InChI is InChI=1S/C24H23NO5/c26-18-9-15-6-7-25-12-16-10-19-20(29-13-28-19)11-17(16)22(23(15)25)24(18)30-21(27)8-14-4-2-1-3-5-14/h1-5,9-11,18,22-24,26H,6-8,12-13H2. The second kappa shape index (κ2) is 6.86. The Morgan fingerprint density at radius 1 is 1.17 bits per heavy atom. The topological polar surface area (TPSA) is 68.2 Å². The van der Waals surface area contributed by atoms with Gasteiger partial charge >= 0.3 is 5.97 Å². The minimum absolute atomic E-state index is 0.125. The van der Waals surface area contributed by atoms with Crippen LogP contribution in [0.3, 0.4) is 0 Å². The molecule has 154 valence electrons. The number of esters is 1. The highest BCUT2D eigenvalue weighted by Gasteiger charge is 2.50. The molecule has 0 radical (unpaired) electrons. The van der Waals surface area contributed by atoms with Crippen LogP contribution in [0.4, 0.5) is 0 Å². The summed E-state index contributed by atoms with van der Waals surface area (Å²) in [5.41, 5.74) is 4.38. The van der Waals surface area contributed by atoms with Crippen molar-refractivity contribution in [3.05, 3.63) is 70.8 Å². The molecule has 1 saturated heterocycles. The average Bonchev–Trinajstić information content (AvgIpc) is 3.36. The molecule has 0 aromatic heterocycles. The van der Waals surface area contributed by atoms with Crippen molar-refractivity contribution in [2.24, 2.45) is 0 Å². The predicted molar refractivity (Wildman–Crippen MR) is 108 cm³/mol. The van der Waals surface area contributed by atoms with Crippen LogP contribution >= 0.6 is 0 Å². The quantitative estimate of drug-likeness (QED) is 0.625. The molecule has 2 aromatic rings. The highest BCUT2D eigenvalue weighted by molar-refractivity contribution is 5.73. The lowest BCUT2D eigenvalue weighted by molar-refractivity contribution is -0.156. The van der Waals surface area contributed by atoms with E-state index >= 15 is 0 Å². The maximum Gasteiger partial charge on any atom is 0.310 e. The van der Waals surface area contributed by atoms with Crippen molar-refractivity contribution in [3.8, 4) is 11.5 Å². The lowest BCUT2D eigenvalue weighted by Crippen LogP contribution is -2.51. The van der Waals surface area contributed by atoms with Gasteiger partial charge in [0.25, 0.3) is 0 Å². The molecule has 4 aliphatic rings. The van der Waals surface area contributed by atoms with Crippen LogP contribution in [-0.4, -0.2) is 47.6 Å². The van der Waals surface area contributed by atoms with Crippen LogP contribution in [0.2, 0.25) is 0 Å². The Morgan fingerprint density at radius 3 is 2.80 bits per heavy atom. The van der Waals surface area contributed by atoms with Crippen LogP contribution in [0, 0.1) is 0 Å². The van der Waals surface area contributed by atoms with Crippen molar-refractivity contribution < 1.29 is 24.1 Å². The van der Waals surface area contributed by atoms with E-state index in [9.17, 15) is 9.90 Å². The SMILES string of the molecule is O=C(Cc1ccccc1)OC1C(O)C=C2CCN3Cc4cc5c(cc4C1C23)OCO5. The summed E-state index contributed by atoms with van der Waals surface area (Å²) in [6.07, 6.45) is 1.58. The lowest BCUT2D eigenvalue weighted by Gasteiger charge is -2.45. The van der Waals surface area contributed by atoms with E-state index in [0.717, 1.165) is 47.7 Å². The summed E-state index contributed by atoms with van der Waals surface area (Å²) >= 11 is 0. The third kappa shape index (κ3) is 2.82. The molecule has 6 rings (SSSR count). The molecular formula is C24H23NO5. The number of benzene rings is 2. The van der Waals surface area contributed by atoms with Crippen molar-refractivity contribution in [2.75, 3.05) is 13.3 Å². The first kappa shape index (κ1) is 18.0. The Hall–Kier alpha value is -2.83. The van der Waals surface area contributed by atoms with Gasteiger partial charge in [-0.3, -0.25) is 9.69 Å². The summed E-state index contributed by atoms with van der Waals surface area (Å²) in [7, 11) is 0. The van der Waals surface area contributed by atoms with E-state index in [1.165, 1.54) is 5.57 Å². The maximum atomic E-state index is 12.8. The Balaban J connectivity index is 1.36. The van der Waals surface area contributed by atoms with Gasteiger partial charge in [-0.15, -0.1) is 0 Å². The Bertz CT molecular complexity index is 1030. The lowest BCUT2D eigenvalue weighted by atomic mass is 9.73. The van der Waals surface area contributed by atoms with Gasteiger partial charge in [-0.1, -0.05) is 42.0 Å². The summed E-state index contributed by atoms with van der Waals surface area (Å²) in [4.78, 5) is 15.2. The van der Waals surface area contributed by atoms with Gasteiger partial charge in [0.2, 0.25) is 6.79 Å². The fourth-order valence-electron chi connectivity index (χ4n) is 5.43. The van der Waals surface area contributed by atoms with E-state index in [1.807, 2.05) is 48.5 Å². The Labute approximate surface area is 174 Å². The van der Waals surface area contributed by atoms with Crippen LogP contribution in [0.25, 0.3) is 0 Å². The monoisotopic (exact) mass is 405 g/mol. The van der Waals surface area contributed by atoms with E-state index < -0.39 is 12.2 Å². The number of nitrogens with zero attached hydrogens (tertiary/aromatic N) is 1. The number of ether oxygens (including phenoxy) is 3. The molecule has 30 heavy (non-hydrogen) atoms. The molecular weight excluding hydrogens is 382 g/mol. The summed E-state index contributed by atoms with van der Waals surface area (Å²) in [5.74, 6) is 1.04. The van der Waals surface area contributed by atoms with E-state index in [0.29, 0.717) is 0 Å². The van der Waals surface area contributed by atoms with Crippen molar-refractivity contribution in [1.29, 1.82) is 0 Å². The number of aliphatic hydroxyl groups excluding tert-OH is 1. The van der Waals surface area contributed by atoms with Gasteiger partial charge in [-0.05, 0) is 35.2 Å². The van der Waals surface area contributed by atoms with Crippen LogP contribution in [0.5, 0.6) is 11.5 Å². The van der Waals surface area contributed by atoms with Gasteiger partial charge in [0, 0.05) is 25.0 Å². The highest BCUT2D eigenvalue weighted by Crippen LogP contribution is 2.50.